The summed E-state index contributed by atoms with van der Waals surface area (Å²) >= 11 is 3.27. The van der Waals surface area contributed by atoms with Crippen LogP contribution in [0, 0.1) is 0 Å². The molecule has 2 rings (SSSR count). The Hall–Kier alpha value is -1.17. The van der Waals surface area contributed by atoms with Crippen molar-refractivity contribution in [3.63, 3.8) is 0 Å². The molecule has 0 unspecified atom stereocenters. The van der Waals surface area contributed by atoms with Gasteiger partial charge in [-0.25, -0.2) is 4.68 Å². The molecule has 0 fully saturated rings. The Morgan fingerprint density at radius 1 is 1.58 bits per heavy atom. The van der Waals surface area contributed by atoms with Crippen LogP contribution in [0.25, 0.3) is 11.6 Å². The number of tetrazole rings is 1. The number of hydrogen-bond acceptors (Lipinski definition) is 4. The van der Waals surface area contributed by atoms with Crippen molar-refractivity contribution in [2.75, 3.05) is 0 Å². The molecule has 2 aromatic rings. The summed E-state index contributed by atoms with van der Waals surface area (Å²) in [5, 5.41) is 11.0. The van der Waals surface area contributed by atoms with E-state index in [0.29, 0.717) is 11.6 Å². The van der Waals surface area contributed by atoms with E-state index < -0.39 is 0 Å². The van der Waals surface area contributed by atoms with Crippen molar-refractivity contribution < 1.29 is 4.42 Å². The summed E-state index contributed by atoms with van der Waals surface area (Å²) in [6, 6.07) is 1.81. The van der Waals surface area contributed by atoms with Gasteiger partial charge < -0.3 is 4.42 Å². The van der Waals surface area contributed by atoms with Crippen molar-refractivity contribution in [2.45, 2.75) is 0 Å². The lowest BCUT2D eigenvalue weighted by atomic mass is 10.4. The number of rotatable bonds is 1. The molecule has 0 aliphatic heterocycles. The first-order valence-corrected chi connectivity index (χ1v) is 4.03. The van der Waals surface area contributed by atoms with Gasteiger partial charge in [-0.05, 0) is 26.4 Å². The number of aromatic nitrogens is 4. The summed E-state index contributed by atoms with van der Waals surface area (Å²) in [7, 11) is 1.76. The molecule has 0 saturated carbocycles. The van der Waals surface area contributed by atoms with Crippen LogP contribution in [-0.4, -0.2) is 20.2 Å². The average Bonchev–Trinajstić information content (AvgIpc) is 2.58. The molecule has 0 spiro atoms. The Labute approximate surface area is 76.5 Å². The molecular weight excluding hydrogens is 224 g/mol. The van der Waals surface area contributed by atoms with Crippen LogP contribution in [0.4, 0.5) is 0 Å². The minimum Gasteiger partial charge on any atom is -0.460 e. The van der Waals surface area contributed by atoms with Gasteiger partial charge in [0.25, 0.3) is 0 Å². The van der Waals surface area contributed by atoms with Gasteiger partial charge in [-0.2, -0.15) is 0 Å². The zero-order chi connectivity index (χ0) is 8.55. The molecule has 0 atom stereocenters. The van der Waals surface area contributed by atoms with E-state index in [2.05, 4.69) is 31.5 Å². The molecule has 0 radical (unpaired) electrons. The Morgan fingerprint density at radius 2 is 2.42 bits per heavy atom. The summed E-state index contributed by atoms with van der Waals surface area (Å²) in [5.74, 6) is 1.26. The SMILES string of the molecule is Cn1nnnc1-c1cc(Br)co1. The Balaban J connectivity index is 2.50. The van der Waals surface area contributed by atoms with Crippen LogP contribution in [0.1, 0.15) is 0 Å². The van der Waals surface area contributed by atoms with Crippen LogP contribution in [0.2, 0.25) is 0 Å². The first-order valence-electron chi connectivity index (χ1n) is 3.24. The second kappa shape index (κ2) is 2.71. The van der Waals surface area contributed by atoms with E-state index >= 15 is 0 Å². The fourth-order valence-electron chi connectivity index (χ4n) is 0.869. The topological polar surface area (TPSA) is 56.7 Å². The molecule has 6 heteroatoms. The third-order valence-electron chi connectivity index (χ3n) is 1.41. The number of furan rings is 1. The average molecular weight is 229 g/mol. The van der Waals surface area contributed by atoms with Crippen molar-refractivity contribution in [3.8, 4) is 11.6 Å². The molecule has 0 aliphatic rings. The zero-order valence-electron chi connectivity index (χ0n) is 6.23. The Kier molecular flexibility index (Phi) is 1.69. The quantitative estimate of drug-likeness (QED) is 0.737. The highest BCUT2D eigenvalue weighted by Gasteiger charge is 2.09. The molecule has 2 aromatic heterocycles. The number of hydrogen-bond donors (Lipinski definition) is 0. The fraction of sp³-hybridized carbons (Fsp3) is 0.167. The van der Waals surface area contributed by atoms with Crippen molar-refractivity contribution in [1.82, 2.24) is 20.2 Å². The lowest BCUT2D eigenvalue weighted by Crippen LogP contribution is -1.92. The van der Waals surface area contributed by atoms with Crippen LogP contribution in [0.5, 0.6) is 0 Å². The second-order valence-electron chi connectivity index (χ2n) is 2.26. The van der Waals surface area contributed by atoms with E-state index in [0.717, 1.165) is 4.47 Å². The summed E-state index contributed by atoms with van der Waals surface area (Å²) < 4.78 is 7.60. The second-order valence-corrected chi connectivity index (χ2v) is 3.17. The number of aryl methyl sites for hydroxylation is 1. The van der Waals surface area contributed by atoms with E-state index in [4.69, 9.17) is 4.42 Å². The minimum absolute atomic E-state index is 0.612. The third kappa shape index (κ3) is 1.14. The number of nitrogens with zero attached hydrogens (tertiary/aromatic N) is 4. The van der Waals surface area contributed by atoms with Crippen molar-refractivity contribution in [1.29, 1.82) is 0 Å². The largest absolute Gasteiger partial charge is 0.460 e. The van der Waals surface area contributed by atoms with E-state index in [1.165, 1.54) is 0 Å². The van der Waals surface area contributed by atoms with Crippen molar-refractivity contribution >= 4 is 15.9 Å². The predicted octanol–water partition coefficient (Wildman–Crippen LogP) is 1.23. The van der Waals surface area contributed by atoms with Gasteiger partial charge in [0.15, 0.2) is 5.76 Å². The molecule has 2 heterocycles. The smallest absolute Gasteiger partial charge is 0.217 e. The molecule has 12 heavy (non-hydrogen) atoms. The lowest BCUT2D eigenvalue weighted by molar-refractivity contribution is 0.569. The van der Waals surface area contributed by atoms with Gasteiger partial charge in [0.2, 0.25) is 5.82 Å². The van der Waals surface area contributed by atoms with Crippen LogP contribution >= 0.6 is 15.9 Å². The first-order chi connectivity index (χ1) is 5.77. The maximum atomic E-state index is 5.18. The highest BCUT2D eigenvalue weighted by molar-refractivity contribution is 9.10. The monoisotopic (exact) mass is 228 g/mol. The maximum absolute atomic E-state index is 5.18. The van der Waals surface area contributed by atoms with Gasteiger partial charge >= 0.3 is 0 Å². The Morgan fingerprint density at radius 3 is 2.92 bits per heavy atom. The van der Waals surface area contributed by atoms with Gasteiger partial charge in [-0.1, -0.05) is 0 Å². The summed E-state index contributed by atoms with van der Waals surface area (Å²) in [6.07, 6.45) is 1.59. The lowest BCUT2D eigenvalue weighted by Gasteiger charge is -1.90. The molecule has 62 valence electrons. The van der Waals surface area contributed by atoms with Gasteiger partial charge in [-0.3, -0.25) is 0 Å². The molecule has 0 aromatic carbocycles. The van der Waals surface area contributed by atoms with Crippen LogP contribution in [0.3, 0.4) is 0 Å². The molecule has 5 nitrogen and oxygen atoms in total. The van der Waals surface area contributed by atoms with Crippen LogP contribution in [-0.2, 0) is 7.05 Å². The van der Waals surface area contributed by atoms with Crippen molar-refractivity contribution in [3.05, 3.63) is 16.8 Å². The van der Waals surface area contributed by atoms with E-state index in [9.17, 15) is 0 Å². The molecular formula is C6H5BrN4O. The highest BCUT2D eigenvalue weighted by Crippen LogP contribution is 2.21. The summed E-state index contributed by atoms with van der Waals surface area (Å²) in [4.78, 5) is 0. The van der Waals surface area contributed by atoms with E-state index in [-0.39, 0.29) is 0 Å². The van der Waals surface area contributed by atoms with Gasteiger partial charge in [-0.15, -0.1) is 5.10 Å². The summed E-state index contributed by atoms with van der Waals surface area (Å²) in [6.45, 7) is 0. The molecule has 0 aliphatic carbocycles. The fourth-order valence-corrected chi connectivity index (χ4v) is 1.17. The molecule has 0 N–H and O–H groups in total. The van der Waals surface area contributed by atoms with E-state index in [1.54, 1.807) is 18.0 Å². The van der Waals surface area contributed by atoms with Gasteiger partial charge in [0.1, 0.15) is 6.26 Å². The minimum atomic E-state index is 0.612. The van der Waals surface area contributed by atoms with Gasteiger partial charge in [0.05, 0.1) is 4.47 Å². The molecule has 0 bridgehead atoms. The first kappa shape index (κ1) is 7.48. The van der Waals surface area contributed by atoms with Crippen LogP contribution < -0.4 is 0 Å². The number of halogens is 1. The summed E-state index contributed by atoms with van der Waals surface area (Å²) in [5.41, 5.74) is 0. The zero-order valence-corrected chi connectivity index (χ0v) is 7.82. The van der Waals surface area contributed by atoms with E-state index in [1.807, 2.05) is 6.07 Å². The third-order valence-corrected chi connectivity index (χ3v) is 1.82. The standard InChI is InChI=1S/C6H5BrN4O/c1-11-6(8-9-10-11)5-2-4(7)3-12-5/h2-3H,1H3. The Bertz CT molecular complexity index is 394. The predicted molar refractivity (Wildman–Crippen MR) is 44.2 cm³/mol. The molecule has 0 saturated heterocycles. The molecule has 0 amide bonds. The van der Waals surface area contributed by atoms with Crippen LogP contribution in [0.15, 0.2) is 21.2 Å². The van der Waals surface area contributed by atoms with Crippen molar-refractivity contribution in [2.24, 2.45) is 7.05 Å². The van der Waals surface area contributed by atoms with Gasteiger partial charge in [0, 0.05) is 13.1 Å². The maximum Gasteiger partial charge on any atom is 0.217 e. The highest BCUT2D eigenvalue weighted by atomic mass is 79.9. The normalized spacial score (nSPS) is 10.5.